The number of hydrogen-bond donors (Lipinski definition) is 2. The molecule has 0 saturated carbocycles. The maximum Gasteiger partial charge on any atom is 0.255 e. The first-order chi connectivity index (χ1) is 15.7. The Labute approximate surface area is 200 Å². The van der Waals surface area contributed by atoms with E-state index in [4.69, 9.17) is 0 Å². The van der Waals surface area contributed by atoms with Crippen LogP contribution in [0.15, 0.2) is 82.2 Å². The van der Waals surface area contributed by atoms with Gasteiger partial charge in [-0.3, -0.25) is 4.79 Å². The van der Waals surface area contributed by atoms with Gasteiger partial charge in [0.25, 0.3) is 5.91 Å². The molecule has 9 heteroatoms. The van der Waals surface area contributed by atoms with Crippen molar-refractivity contribution in [1.82, 2.24) is 4.31 Å². The lowest BCUT2D eigenvalue weighted by atomic mass is 9.85. The Morgan fingerprint density at radius 1 is 1.00 bits per heavy atom. The Balaban J connectivity index is 1.50. The minimum Gasteiger partial charge on any atom is -0.385 e. The Bertz CT molecular complexity index is 1290. The number of aliphatic hydroxyl groups is 1. The summed E-state index contributed by atoms with van der Waals surface area (Å²) in [6.45, 7) is 0.0588. The number of hydrogen-bond acceptors (Lipinski definition) is 4. The van der Waals surface area contributed by atoms with Gasteiger partial charge in [-0.2, -0.15) is 4.31 Å². The molecule has 1 saturated heterocycles. The van der Waals surface area contributed by atoms with Crippen LogP contribution in [0.5, 0.6) is 0 Å². The number of sulfonamides is 1. The van der Waals surface area contributed by atoms with Crippen molar-refractivity contribution in [3.8, 4) is 0 Å². The molecule has 3 aromatic rings. The van der Waals surface area contributed by atoms with E-state index in [9.17, 15) is 22.7 Å². The smallest absolute Gasteiger partial charge is 0.255 e. The van der Waals surface area contributed by atoms with Crippen molar-refractivity contribution in [2.24, 2.45) is 0 Å². The van der Waals surface area contributed by atoms with E-state index in [1.54, 1.807) is 36.4 Å². The molecule has 0 spiro atoms. The lowest BCUT2D eigenvalue weighted by Crippen LogP contribution is -2.45. The van der Waals surface area contributed by atoms with Crippen LogP contribution in [0.4, 0.5) is 10.1 Å². The van der Waals surface area contributed by atoms with Gasteiger partial charge in [0.1, 0.15) is 5.82 Å². The molecule has 0 radical (unpaired) electrons. The summed E-state index contributed by atoms with van der Waals surface area (Å²) >= 11 is 3.34. The minimum absolute atomic E-state index is 0.0132. The van der Waals surface area contributed by atoms with E-state index in [1.165, 1.54) is 34.6 Å². The van der Waals surface area contributed by atoms with Crippen molar-refractivity contribution in [2.45, 2.75) is 23.3 Å². The minimum atomic E-state index is -3.90. The third kappa shape index (κ3) is 5.01. The summed E-state index contributed by atoms with van der Waals surface area (Å²) in [5.74, 6) is -0.946. The molecule has 1 aliphatic rings. The lowest BCUT2D eigenvalue weighted by molar-refractivity contribution is -0.0125. The number of nitrogens with zero attached hydrogens (tertiary/aromatic N) is 1. The third-order valence-corrected chi connectivity index (χ3v) is 8.13. The Hall–Kier alpha value is -2.59. The second-order valence-corrected chi connectivity index (χ2v) is 10.8. The van der Waals surface area contributed by atoms with E-state index in [1.807, 2.05) is 6.07 Å². The van der Waals surface area contributed by atoms with Crippen LogP contribution in [0.1, 0.15) is 28.8 Å². The molecule has 2 N–H and O–H groups in total. The van der Waals surface area contributed by atoms with Crippen molar-refractivity contribution in [3.05, 3.63) is 94.2 Å². The van der Waals surface area contributed by atoms with Gasteiger partial charge in [-0.15, -0.1) is 0 Å². The van der Waals surface area contributed by atoms with E-state index in [-0.39, 0.29) is 42.0 Å². The standard InChI is InChI=1S/C24H22BrFN2O4S/c25-18-6-4-7-19(16-18)27-23(29)17-5-3-8-20(15-17)33(31,32)28-13-11-24(30,12-14-28)21-9-1-2-10-22(21)26/h1-10,15-16,30H,11-14H2,(H,27,29). The van der Waals surface area contributed by atoms with Crippen molar-refractivity contribution in [1.29, 1.82) is 0 Å². The maximum absolute atomic E-state index is 14.2. The lowest BCUT2D eigenvalue weighted by Gasteiger charge is -2.38. The van der Waals surface area contributed by atoms with Gasteiger partial charge >= 0.3 is 0 Å². The fourth-order valence-corrected chi connectivity index (χ4v) is 5.81. The predicted molar refractivity (Wildman–Crippen MR) is 127 cm³/mol. The van der Waals surface area contributed by atoms with Gasteiger partial charge in [0.05, 0.1) is 10.5 Å². The zero-order valence-electron chi connectivity index (χ0n) is 17.5. The van der Waals surface area contributed by atoms with Crippen LogP contribution in [0, 0.1) is 5.82 Å². The van der Waals surface area contributed by atoms with Crippen molar-refractivity contribution in [3.63, 3.8) is 0 Å². The number of amides is 1. The van der Waals surface area contributed by atoms with Gasteiger partial charge in [0.15, 0.2) is 0 Å². The molecule has 1 fully saturated rings. The number of rotatable bonds is 5. The summed E-state index contributed by atoms with van der Waals surface area (Å²) in [5.41, 5.74) is -0.474. The van der Waals surface area contributed by atoms with Crippen LogP contribution >= 0.6 is 15.9 Å². The van der Waals surface area contributed by atoms with Crippen molar-refractivity contribution in [2.75, 3.05) is 18.4 Å². The van der Waals surface area contributed by atoms with Crippen LogP contribution in [-0.4, -0.2) is 36.8 Å². The molecular formula is C24H22BrFN2O4S. The van der Waals surface area contributed by atoms with Crippen molar-refractivity contribution >= 4 is 37.5 Å². The summed E-state index contributed by atoms with van der Waals surface area (Å²) < 4.78 is 42.7. The zero-order valence-corrected chi connectivity index (χ0v) is 19.9. The number of carbonyl (C=O) groups is 1. The van der Waals surface area contributed by atoms with Gasteiger partial charge in [0.2, 0.25) is 10.0 Å². The average Bonchev–Trinajstić information content (AvgIpc) is 2.80. The second kappa shape index (κ2) is 9.34. The summed E-state index contributed by atoms with van der Waals surface area (Å²) in [7, 11) is -3.90. The SMILES string of the molecule is O=C(Nc1cccc(Br)c1)c1cccc(S(=O)(=O)N2CCC(O)(c3ccccc3F)CC2)c1. The van der Waals surface area contributed by atoms with E-state index < -0.39 is 27.3 Å². The first-order valence-corrected chi connectivity index (χ1v) is 12.6. The molecule has 0 atom stereocenters. The molecule has 0 aromatic heterocycles. The van der Waals surface area contributed by atoms with Gasteiger partial charge < -0.3 is 10.4 Å². The molecule has 4 rings (SSSR count). The highest BCUT2D eigenvalue weighted by molar-refractivity contribution is 9.10. The normalized spacial score (nSPS) is 16.3. The number of piperidine rings is 1. The van der Waals surface area contributed by atoms with Gasteiger partial charge in [-0.25, -0.2) is 12.8 Å². The quantitative estimate of drug-likeness (QED) is 0.506. The van der Waals surface area contributed by atoms with E-state index in [0.717, 1.165) is 4.47 Å². The molecule has 1 amide bonds. The molecule has 1 heterocycles. The van der Waals surface area contributed by atoms with Gasteiger partial charge in [-0.1, -0.05) is 46.3 Å². The van der Waals surface area contributed by atoms with Gasteiger partial charge in [-0.05, 0) is 55.3 Å². The largest absolute Gasteiger partial charge is 0.385 e. The molecule has 1 aliphatic heterocycles. The first-order valence-electron chi connectivity index (χ1n) is 10.3. The molecule has 172 valence electrons. The molecule has 3 aromatic carbocycles. The molecule has 0 aliphatic carbocycles. The number of benzene rings is 3. The second-order valence-electron chi connectivity index (χ2n) is 7.91. The average molecular weight is 533 g/mol. The van der Waals surface area contributed by atoms with Gasteiger partial charge in [0, 0.05) is 34.4 Å². The number of nitrogens with one attached hydrogen (secondary N) is 1. The molecule has 0 bridgehead atoms. The summed E-state index contributed by atoms with van der Waals surface area (Å²) in [5, 5.41) is 13.7. The Kier molecular flexibility index (Phi) is 6.67. The van der Waals surface area contributed by atoms with Crippen LogP contribution in [0.2, 0.25) is 0 Å². The fourth-order valence-electron chi connectivity index (χ4n) is 3.92. The number of halogens is 2. The Morgan fingerprint density at radius 2 is 1.70 bits per heavy atom. The van der Waals surface area contributed by atoms with E-state index >= 15 is 0 Å². The van der Waals surface area contributed by atoms with Crippen LogP contribution < -0.4 is 5.32 Å². The topological polar surface area (TPSA) is 86.7 Å². The fraction of sp³-hybridized carbons (Fsp3) is 0.208. The number of carbonyl (C=O) groups excluding carboxylic acids is 1. The Morgan fingerprint density at radius 3 is 2.39 bits per heavy atom. The summed E-state index contributed by atoms with van der Waals surface area (Å²) in [6.07, 6.45) is 0.131. The molecule has 33 heavy (non-hydrogen) atoms. The molecular weight excluding hydrogens is 511 g/mol. The van der Waals surface area contributed by atoms with E-state index in [0.29, 0.717) is 5.69 Å². The molecule has 0 unspecified atom stereocenters. The predicted octanol–water partition coefficient (Wildman–Crippen LogP) is 4.51. The first kappa shape index (κ1) is 23.6. The monoisotopic (exact) mass is 532 g/mol. The third-order valence-electron chi connectivity index (χ3n) is 5.74. The summed E-state index contributed by atoms with van der Waals surface area (Å²) in [6, 6.07) is 18.9. The highest BCUT2D eigenvalue weighted by atomic mass is 79.9. The van der Waals surface area contributed by atoms with Crippen LogP contribution in [0.3, 0.4) is 0 Å². The zero-order chi connectivity index (χ0) is 23.6. The van der Waals surface area contributed by atoms with Crippen LogP contribution in [-0.2, 0) is 15.6 Å². The van der Waals surface area contributed by atoms with Crippen molar-refractivity contribution < 1.29 is 22.7 Å². The maximum atomic E-state index is 14.2. The number of anilines is 1. The van der Waals surface area contributed by atoms with Crippen LogP contribution in [0.25, 0.3) is 0 Å². The van der Waals surface area contributed by atoms with E-state index in [2.05, 4.69) is 21.2 Å². The summed E-state index contributed by atoms with van der Waals surface area (Å²) in [4.78, 5) is 12.6. The molecule has 6 nitrogen and oxygen atoms in total. The highest BCUT2D eigenvalue weighted by Crippen LogP contribution is 2.36. The highest BCUT2D eigenvalue weighted by Gasteiger charge is 2.39.